The lowest BCUT2D eigenvalue weighted by molar-refractivity contribution is -0.114. The van der Waals surface area contributed by atoms with Crippen LogP contribution < -0.4 is 4.74 Å². The molecule has 0 atom stereocenters. The van der Waals surface area contributed by atoms with E-state index < -0.39 is 0 Å². The summed E-state index contributed by atoms with van der Waals surface area (Å²) < 4.78 is 6.06. The molecule has 3 heteroatoms. The quantitative estimate of drug-likeness (QED) is 0.773. The Kier molecular flexibility index (Phi) is 5.26. The Balaban J connectivity index is 2.79. The maximum absolute atomic E-state index is 11.6. The Morgan fingerprint density at radius 3 is 2.88 bits per heavy atom. The summed E-state index contributed by atoms with van der Waals surface area (Å²) in [4.78, 5) is 11.6. The van der Waals surface area contributed by atoms with Gasteiger partial charge in [0.25, 0.3) is 0 Å². The number of hydrogen-bond donors (Lipinski definition) is 0. The molecule has 1 aromatic rings. The molecule has 0 aliphatic carbocycles. The van der Waals surface area contributed by atoms with E-state index in [0.29, 0.717) is 6.42 Å². The zero-order valence-corrected chi connectivity index (χ0v) is 11.1. The third kappa shape index (κ3) is 3.81. The third-order valence-corrected chi connectivity index (χ3v) is 2.93. The summed E-state index contributed by atoms with van der Waals surface area (Å²) in [5.74, 6) is 0.876. The van der Waals surface area contributed by atoms with Crippen molar-refractivity contribution in [2.24, 2.45) is 0 Å². The normalized spacial score (nSPS) is 10.7. The van der Waals surface area contributed by atoms with Gasteiger partial charge in [-0.05, 0) is 36.3 Å². The lowest BCUT2D eigenvalue weighted by Gasteiger charge is -2.05. The molecular formula is C13H15BrO2. The molecule has 86 valence electrons. The number of benzene rings is 1. The van der Waals surface area contributed by atoms with Crippen LogP contribution in [0, 0.1) is 0 Å². The van der Waals surface area contributed by atoms with Gasteiger partial charge >= 0.3 is 0 Å². The number of allylic oxidation sites excluding steroid dienone is 2. The zero-order chi connectivity index (χ0) is 12.0. The van der Waals surface area contributed by atoms with Crippen molar-refractivity contribution in [2.45, 2.75) is 19.8 Å². The molecule has 0 radical (unpaired) electrons. The van der Waals surface area contributed by atoms with E-state index in [4.69, 9.17) is 4.74 Å². The molecule has 0 bridgehead atoms. The molecule has 0 fully saturated rings. The fraction of sp³-hybridized carbons (Fsp3) is 0.308. The molecule has 0 aliphatic heterocycles. The number of rotatable bonds is 5. The van der Waals surface area contributed by atoms with Gasteiger partial charge in [0, 0.05) is 10.9 Å². The maximum Gasteiger partial charge on any atom is 0.159 e. The van der Waals surface area contributed by atoms with Crippen LogP contribution in [-0.2, 0) is 11.2 Å². The summed E-state index contributed by atoms with van der Waals surface area (Å²) in [6.07, 6.45) is 4.78. The van der Waals surface area contributed by atoms with Gasteiger partial charge < -0.3 is 4.74 Å². The summed E-state index contributed by atoms with van der Waals surface area (Å²) in [7, 11) is 1.62. The summed E-state index contributed by atoms with van der Waals surface area (Å²) >= 11 is 3.42. The Morgan fingerprint density at radius 1 is 1.50 bits per heavy atom. The highest BCUT2D eigenvalue weighted by atomic mass is 79.9. The predicted octanol–water partition coefficient (Wildman–Crippen LogP) is 3.54. The van der Waals surface area contributed by atoms with Crippen LogP contribution >= 0.6 is 15.9 Å². The molecule has 0 aliphatic rings. The molecule has 0 heterocycles. The van der Waals surface area contributed by atoms with Crippen molar-refractivity contribution in [2.75, 3.05) is 7.11 Å². The molecule has 0 N–H and O–H groups in total. The second-order valence-corrected chi connectivity index (χ2v) is 4.27. The predicted molar refractivity (Wildman–Crippen MR) is 68.8 cm³/mol. The van der Waals surface area contributed by atoms with Crippen LogP contribution in [0.5, 0.6) is 5.75 Å². The SMILES string of the molecule is CC/C=C/C(=O)Cc1cc(OC)ccc1Br. The van der Waals surface area contributed by atoms with E-state index in [1.807, 2.05) is 31.2 Å². The monoisotopic (exact) mass is 282 g/mol. The average molecular weight is 283 g/mol. The van der Waals surface area contributed by atoms with Crippen molar-refractivity contribution < 1.29 is 9.53 Å². The van der Waals surface area contributed by atoms with E-state index in [0.717, 1.165) is 22.2 Å². The Bertz CT molecular complexity index is 397. The van der Waals surface area contributed by atoms with Crippen molar-refractivity contribution >= 4 is 21.7 Å². The molecule has 0 aromatic heterocycles. The summed E-state index contributed by atoms with van der Waals surface area (Å²) in [5, 5.41) is 0. The minimum atomic E-state index is 0.107. The molecule has 1 aromatic carbocycles. The lowest BCUT2D eigenvalue weighted by atomic mass is 10.1. The molecule has 2 nitrogen and oxygen atoms in total. The first-order valence-corrected chi connectivity index (χ1v) is 5.98. The molecule has 0 spiro atoms. The molecule has 0 amide bonds. The number of carbonyl (C=O) groups excluding carboxylic acids is 1. The minimum absolute atomic E-state index is 0.107. The Hall–Kier alpha value is -1.09. The van der Waals surface area contributed by atoms with Gasteiger partial charge in [0.1, 0.15) is 5.75 Å². The first-order chi connectivity index (χ1) is 7.67. The molecule has 0 saturated heterocycles. The van der Waals surface area contributed by atoms with Gasteiger partial charge in [0.05, 0.1) is 7.11 Å². The van der Waals surface area contributed by atoms with Crippen LogP contribution in [0.3, 0.4) is 0 Å². The topological polar surface area (TPSA) is 26.3 Å². The minimum Gasteiger partial charge on any atom is -0.497 e. The van der Waals surface area contributed by atoms with Gasteiger partial charge in [-0.1, -0.05) is 28.9 Å². The molecule has 1 rings (SSSR count). The third-order valence-electron chi connectivity index (χ3n) is 2.16. The van der Waals surface area contributed by atoms with Crippen molar-refractivity contribution in [3.05, 3.63) is 40.4 Å². The number of ether oxygens (including phenoxy) is 1. The van der Waals surface area contributed by atoms with E-state index in [1.54, 1.807) is 13.2 Å². The number of halogens is 1. The Morgan fingerprint density at radius 2 is 2.25 bits per heavy atom. The second kappa shape index (κ2) is 6.48. The largest absolute Gasteiger partial charge is 0.497 e. The average Bonchev–Trinajstić information content (AvgIpc) is 2.29. The van der Waals surface area contributed by atoms with Gasteiger partial charge in [0.2, 0.25) is 0 Å². The van der Waals surface area contributed by atoms with Crippen LogP contribution in [-0.4, -0.2) is 12.9 Å². The van der Waals surface area contributed by atoms with E-state index in [-0.39, 0.29) is 5.78 Å². The second-order valence-electron chi connectivity index (χ2n) is 3.41. The van der Waals surface area contributed by atoms with Crippen molar-refractivity contribution in [3.8, 4) is 5.75 Å². The smallest absolute Gasteiger partial charge is 0.159 e. The number of ketones is 1. The van der Waals surface area contributed by atoms with Crippen LogP contribution in [0.15, 0.2) is 34.8 Å². The van der Waals surface area contributed by atoms with Crippen molar-refractivity contribution in [1.82, 2.24) is 0 Å². The standard InChI is InChI=1S/C13H15BrO2/c1-3-4-5-11(15)8-10-9-12(16-2)6-7-13(10)14/h4-7,9H,3,8H2,1-2H3/b5-4+. The molecular weight excluding hydrogens is 268 g/mol. The van der Waals surface area contributed by atoms with E-state index >= 15 is 0 Å². The number of methoxy groups -OCH3 is 1. The van der Waals surface area contributed by atoms with Gasteiger partial charge in [-0.15, -0.1) is 0 Å². The van der Waals surface area contributed by atoms with Crippen LogP contribution in [0.25, 0.3) is 0 Å². The molecule has 0 unspecified atom stereocenters. The van der Waals surface area contributed by atoms with E-state index in [2.05, 4.69) is 15.9 Å². The van der Waals surface area contributed by atoms with Crippen LogP contribution in [0.1, 0.15) is 18.9 Å². The van der Waals surface area contributed by atoms with Gasteiger partial charge in [0.15, 0.2) is 5.78 Å². The highest BCUT2D eigenvalue weighted by Gasteiger charge is 2.05. The highest BCUT2D eigenvalue weighted by molar-refractivity contribution is 9.10. The van der Waals surface area contributed by atoms with Crippen LogP contribution in [0.4, 0.5) is 0 Å². The summed E-state index contributed by atoms with van der Waals surface area (Å²) in [5.41, 5.74) is 0.949. The first kappa shape index (κ1) is 13.0. The van der Waals surface area contributed by atoms with Crippen molar-refractivity contribution in [1.29, 1.82) is 0 Å². The zero-order valence-electron chi connectivity index (χ0n) is 9.50. The fourth-order valence-corrected chi connectivity index (χ4v) is 1.70. The molecule has 0 saturated carbocycles. The van der Waals surface area contributed by atoms with Crippen molar-refractivity contribution in [3.63, 3.8) is 0 Å². The van der Waals surface area contributed by atoms with E-state index in [9.17, 15) is 4.79 Å². The van der Waals surface area contributed by atoms with Gasteiger partial charge in [-0.3, -0.25) is 4.79 Å². The van der Waals surface area contributed by atoms with Crippen LogP contribution in [0.2, 0.25) is 0 Å². The first-order valence-electron chi connectivity index (χ1n) is 5.19. The maximum atomic E-state index is 11.6. The Labute approximate surface area is 104 Å². The van der Waals surface area contributed by atoms with Gasteiger partial charge in [-0.2, -0.15) is 0 Å². The summed E-state index contributed by atoms with van der Waals surface area (Å²) in [6, 6.07) is 5.63. The number of carbonyl (C=O) groups is 1. The highest BCUT2D eigenvalue weighted by Crippen LogP contribution is 2.23. The number of hydrogen-bond acceptors (Lipinski definition) is 2. The fourth-order valence-electron chi connectivity index (χ4n) is 1.31. The van der Waals surface area contributed by atoms with E-state index in [1.165, 1.54) is 0 Å². The molecule has 16 heavy (non-hydrogen) atoms. The summed E-state index contributed by atoms with van der Waals surface area (Å²) in [6.45, 7) is 2.01. The van der Waals surface area contributed by atoms with Gasteiger partial charge in [-0.25, -0.2) is 0 Å². The lowest BCUT2D eigenvalue weighted by Crippen LogP contribution is -1.99.